The summed E-state index contributed by atoms with van der Waals surface area (Å²) in [7, 11) is 0. The Hall–Kier alpha value is -7.94. The van der Waals surface area contributed by atoms with Gasteiger partial charge in [0.15, 0.2) is 6.23 Å². The Morgan fingerprint density at radius 2 is 1.12 bits per heavy atom. The van der Waals surface area contributed by atoms with Crippen LogP contribution in [0.2, 0.25) is 0 Å². The minimum Gasteiger partial charge on any atom is -0.459 e. The van der Waals surface area contributed by atoms with Crippen LogP contribution in [0.25, 0.3) is 11.1 Å². The van der Waals surface area contributed by atoms with E-state index >= 15 is 0 Å². The van der Waals surface area contributed by atoms with Crippen molar-refractivity contribution in [3.05, 3.63) is 113 Å². The van der Waals surface area contributed by atoms with E-state index in [1.165, 1.54) is 15.7 Å². The van der Waals surface area contributed by atoms with Crippen LogP contribution in [0.5, 0.6) is 0 Å². The number of imide groups is 2. The molecule has 21 nitrogen and oxygen atoms in total. The third-order valence-corrected chi connectivity index (χ3v) is 11.5. The molecule has 80 heavy (non-hydrogen) atoms. The van der Waals surface area contributed by atoms with Crippen LogP contribution in [0.1, 0.15) is 144 Å². The second-order valence-electron chi connectivity index (χ2n) is 24.3. The van der Waals surface area contributed by atoms with E-state index in [1.54, 1.807) is 128 Å². The summed E-state index contributed by atoms with van der Waals surface area (Å²) in [6, 6.07) is 24.8. The van der Waals surface area contributed by atoms with E-state index in [-0.39, 0.29) is 49.2 Å². The smallest absolute Gasteiger partial charge is 0.427 e. The highest BCUT2D eigenvalue weighted by Gasteiger charge is 2.43. The number of hydrogen-bond donors (Lipinski definition) is 2. The highest BCUT2D eigenvalue weighted by Crippen LogP contribution is 2.45. The lowest BCUT2D eigenvalue weighted by Crippen LogP contribution is -2.51. The number of hydrogen-bond acceptors (Lipinski definition) is 16. The van der Waals surface area contributed by atoms with Gasteiger partial charge >= 0.3 is 36.4 Å². The molecule has 0 fully saturated rings. The molecule has 1 atom stereocenters. The number of fused-ring (bicyclic) bond motifs is 4. The first-order valence-corrected chi connectivity index (χ1v) is 26.5. The molecule has 0 saturated carbocycles. The van der Waals surface area contributed by atoms with E-state index in [0.29, 0.717) is 10.5 Å². The van der Waals surface area contributed by atoms with Gasteiger partial charge < -0.3 is 53.3 Å². The SMILES string of the molecule is CC(C)(C)OC(=O)N(Cc1cn(CC(=O)N(CCNC(=O)OCC2c3ccccc3-c3ccccc32)CC(=O)OCc2ccccc2)c2c1C(OC(C)(C)C)N=C(N(C(=O)OC(C)(C)C)C(=O)OC(C)(C)C)N2)C(=O)OC(C)(C)C. The quantitative estimate of drug-likeness (QED) is 0.0882. The van der Waals surface area contributed by atoms with Crippen molar-refractivity contribution in [1.82, 2.24) is 24.6 Å². The van der Waals surface area contributed by atoms with Gasteiger partial charge in [-0.3, -0.25) is 9.59 Å². The number of nitrogens with zero attached hydrogens (tertiary/aromatic N) is 5. The van der Waals surface area contributed by atoms with Crippen LogP contribution >= 0.6 is 0 Å². The van der Waals surface area contributed by atoms with E-state index in [1.807, 2.05) is 54.6 Å². The number of carbonyl (C=O) groups is 7. The molecule has 2 N–H and O–H groups in total. The molecule has 4 aromatic rings. The first-order valence-electron chi connectivity index (χ1n) is 26.5. The Morgan fingerprint density at radius 1 is 0.625 bits per heavy atom. The van der Waals surface area contributed by atoms with E-state index in [4.69, 9.17) is 38.2 Å². The Labute approximate surface area is 468 Å². The maximum absolute atomic E-state index is 15.0. The number of anilines is 1. The highest BCUT2D eigenvalue weighted by molar-refractivity contribution is 6.13. The minimum absolute atomic E-state index is 0.0152. The van der Waals surface area contributed by atoms with Gasteiger partial charge in [-0.05, 0) is 137 Å². The van der Waals surface area contributed by atoms with Gasteiger partial charge in [-0.25, -0.2) is 33.9 Å². The van der Waals surface area contributed by atoms with Crippen molar-refractivity contribution >= 4 is 54.1 Å². The van der Waals surface area contributed by atoms with E-state index in [2.05, 4.69) is 10.6 Å². The Balaban J connectivity index is 1.39. The summed E-state index contributed by atoms with van der Waals surface area (Å²) in [4.78, 5) is 106. The molecule has 0 spiro atoms. The van der Waals surface area contributed by atoms with Gasteiger partial charge in [0.25, 0.3) is 0 Å². The molecule has 0 radical (unpaired) electrons. The Morgan fingerprint density at radius 3 is 1.64 bits per heavy atom. The lowest BCUT2D eigenvalue weighted by molar-refractivity contribution is -0.150. The summed E-state index contributed by atoms with van der Waals surface area (Å²) in [6.45, 7) is 22.5. The topological polar surface area (TPSA) is 235 Å². The van der Waals surface area contributed by atoms with Crippen molar-refractivity contribution in [3.63, 3.8) is 0 Å². The molecule has 0 saturated heterocycles. The van der Waals surface area contributed by atoms with Crippen molar-refractivity contribution in [2.75, 3.05) is 31.6 Å². The first-order chi connectivity index (χ1) is 37.1. The average Bonchev–Trinajstić information content (AvgIpc) is 3.83. The number of esters is 1. The van der Waals surface area contributed by atoms with E-state index in [9.17, 15) is 33.6 Å². The number of carbonyl (C=O) groups excluding carboxylic acids is 7. The molecular formula is C59H77N7O14. The Kier molecular flexibility index (Phi) is 18.8. The zero-order valence-electron chi connectivity index (χ0n) is 48.6. The number of nitrogens with one attached hydrogen (secondary N) is 2. The van der Waals surface area contributed by atoms with Gasteiger partial charge in [0.2, 0.25) is 11.9 Å². The Bertz CT molecular complexity index is 2850. The molecular weight excluding hydrogens is 1030 g/mol. The number of benzene rings is 3. The largest absolute Gasteiger partial charge is 0.459 e. The zero-order chi connectivity index (χ0) is 59.1. The number of rotatable bonds is 14. The van der Waals surface area contributed by atoms with Gasteiger partial charge in [-0.1, -0.05) is 78.9 Å². The third-order valence-electron chi connectivity index (χ3n) is 11.5. The van der Waals surface area contributed by atoms with Crippen LogP contribution in [0.15, 0.2) is 90.1 Å². The fourth-order valence-corrected chi connectivity index (χ4v) is 8.43. The fourth-order valence-electron chi connectivity index (χ4n) is 8.43. The molecule has 1 aliphatic carbocycles. The molecule has 0 bridgehead atoms. The number of ether oxygens (including phenoxy) is 7. The minimum atomic E-state index is -1.43. The molecule has 1 unspecified atom stereocenters. The summed E-state index contributed by atoms with van der Waals surface area (Å²) in [5.41, 5.74) is -0.127. The van der Waals surface area contributed by atoms with Gasteiger partial charge in [0, 0.05) is 25.2 Å². The maximum atomic E-state index is 15.0. The summed E-state index contributed by atoms with van der Waals surface area (Å²) in [6.07, 6.45) is -5.18. The normalized spacial score (nSPS) is 14.2. The van der Waals surface area contributed by atoms with Crippen LogP contribution < -0.4 is 10.6 Å². The van der Waals surface area contributed by atoms with Crippen LogP contribution in [0.3, 0.4) is 0 Å². The third kappa shape index (κ3) is 17.3. The van der Waals surface area contributed by atoms with E-state index < -0.39 is 102 Å². The average molecular weight is 1110 g/mol. The number of guanidine groups is 1. The highest BCUT2D eigenvalue weighted by atomic mass is 16.6. The van der Waals surface area contributed by atoms with Crippen molar-refractivity contribution in [1.29, 1.82) is 0 Å². The summed E-state index contributed by atoms with van der Waals surface area (Å²) >= 11 is 0. The zero-order valence-corrected chi connectivity index (χ0v) is 48.6. The maximum Gasteiger partial charge on any atom is 0.427 e. The van der Waals surface area contributed by atoms with Crippen molar-refractivity contribution in [2.45, 2.75) is 164 Å². The molecule has 1 aliphatic heterocycles. The number of aromatic nitrogens is 1. The lowest BCUT2D eigenvalue weighted by Gasteiger charge is -2.34. The molecule has 21 heteroatoms. The van der Waals surface area contributed by atoms with Gasteiger partial charge in [-0.2, -0.15) is 0 Å². The number of amides is 6. The summed E-state index contributed by atoms with van der Waals surface area (Å²) in [5.74, 6) is -2.08. The van der Waals surface area contributed by atoms with Gasteiger partial charge in [0.05, 0.1) is 17.7 Å². The summed E-state index contributed by atoms with van der Waals surface area (Å²) in [5, 5.41) is 5.76. The van der Waals surface area contributed by atoms with Gasteiger partial charge in [0.1, 0.15) is 54.5 Å². The molecule has 3 aromatic carbocycles. The molecule has 6 rings (SSSR count). The predicted molar refractivity (Wildman–Crippen MR) is 297 cm³/mol. The monoisotopic (exact) mass is 1110 g/mol. The van der Waals surface area contributed by atoms with Crippen LogP contribution in [0.4, 0.5) is 29.8 Å². The van der Waals surface area contributed by atoms with Gasteiger partial charge in [-0.15, -0.1) is 4.90 Å². The first kappa shape index (κ1) is 61.3. The van der Waals surface area contributed by atoms with Crippen molar-refractivity contribution in [2.24, 2.45) is 4.99 Å². The second-order valence-corrected chi connectivity index (χ2v) is 24.3. The second kappa shape index (κ2) is 24.6. The predicted octanol–water partition coefficient (Wildman–Crippen LogP) is 11.0. The standard InChI is InChI=1S/C59H77N7O14/c1-55(2,3)76-48-46-38(32-65(51(70)77-56(4,5)6)52(71)78-57(7,8)9)31-64(47(46)61-49(62-48)66(53(72)79-58(10,11)12)54(73)80-59(13,14)15)33-44(67)63(34-45(68)74-35-37-23-17-16-18-24-37)30-29-60-50(69)75-36-43-41-27-21-19-25-39(41)40-26-20-22-28-42(40)43/h16-28,31,43,48H,29-30,32-36H2,1-15H3,(H,60,69)(H,61,62). The van der Waals surface area contributed by atoms with Crippen LogP contribution in [0, 0.1) is 0 Å². The molecule has 2 aliphatic rings. The molecule has 432 valence electrons. The number of aliphatic imine (C=N–C) groups is 1. The van der Waals surface area contributed by atoms with Crippen LogP contribution in [-0.2, 0) is 62.4 Å². The molecule has 2 heterocycles. The van der Waals surface area contributed by atoms with Crippen molar-refractivity contribution in [3.8, 4) is 11.1 Å². The molecule has 6 amide bonds. The lowest BCUT2D eigenvalue weighted by atomic mass is 9.98. The molecule has 1 aromatic heterocycles. The van der Waals surface area contributed by atoms with E-state index in [0.717, 1.165) is 27.2 Å². The number of alkyl carbamates (subject to hydrolysis) is 1. The fraction of sp³-hybridized carbons (Fsp3) is 0.492. The van der Waals surface area contributed by atoms with Crippen molar-refractivity contribution < 1.29 is 66.7 Å². The summed E-state index contributed by atoms with van der Waals surface area (Å²) < 4.78 is 42.2. The van der Waals surface area contributed by atoms with Crippen LogP contribution in [-0.4, -0.2) is 122 Å².